The van der Waals surface area contributed by atoms with Gasteiger partial charge in [-0.1, -0.05) is 13.0 Å². The molecule has 0 aliphatic carbocycles. The summed E-state index contributed by atoms with van der Waals surface area (Å²) in [4.78, 5) is 23.9. The number of aromatic nitrogens is 2. The fourth-order valence-electron chi connectivity index (χ4n) is 1.98. The summed E-state index contributed by atoms with van der Waals surface area (Å²) in [6.07, 6.45) is 2.23. The van der Waals surface area contributed by atoms with Crippen molar-refractivity contribution in [2.24, 2.45) is 0 Å². The van der Waals surface area contributed by atoms with Gasteiger partial charge in [0.25, 0.3) is 5.56 Å². The molecule has 2 N–H and O–H groups in total. The molecule has 20 heavy (non-hydrogen) atoms. The first-order chi connectivity index (χ1) is 9.52. The zero-order valence-corrected chi connectivity index (χ0v) is 11.2. The minimum atomic E-state index is -0.526. The molecule has 0 aliphatic heterocycles. The number of nitrogen functional groups attached to an aromatic ring is 1. The van der Waals surface area contributed by atoms with E-state index in [1.807, 2.05) is 6.92 Å². The largest absolute Gasteiger partial charge is 0.399 e. The number of hydrogen-bond acceptors (Lipinski definition) is 3. The molecule has 0 radical (unpaired) electrons. The topological polar surface area (TPSA) is 70.0 Å². The lowest BCUT2D eigenvalue weighted by Gasteiger charge is -2.10. The highest BCUT2D eigenvalue weighted by molar-refractivity contribution is 5.40. The minimum absolute atomic E-state index is 0.103. The Hall–Kier alpha value is -2.37. The van der Waals surface area contributed by atoms with Gasteiger partial charge in [0.05, 0.1) is 6.54 Å². The van der Waals surface area contributed by atoms with Crippen molar-refractivity contribution in [3.8, 4) is 0 Å². The van der Waals surface area contributed by atoms with Crippen LogP contribution in [-0.4, -0.2) is 9.13 Å². The molecule has 0 aliphatic rings. The molecular formula is C14H16FN3O2. The van der Waals surface area contributed by atoms with E-state index in [0.29, 0.717) is 12.2 Å². The Kier molecular flexibility index (Phi) is 4.02. The number of rotatable bonds is 4. The third-order valence-corrected chi connectivity index (χ3v) is 3.01. The van der Waals surface area contributed by atoms with E-state index in [-0.39, 0.29) is 12.1 Å². The Bertz CT molecular complexity index is 734. The third-order valence-electron chi connectivity index (χ3n) is 3.01. The van der Waals surface area contributed by atoms with E-state index in [1.54, 1.807) is 0 Å². The van der Waals surface area contributed by atoms with Crippen molar-refractivity contribution in [3.63, 3.8) is 0 Å². The highest BCUT2D eigenvalue weighted by Crippen LogP contribution is 2.11. The lowest BCUT2D eigenvalue weighted by molar-refractivity contribution is 0.552. The normalized spacial score (nSPS) is 10.7. The highest BCUT2D eigenvalue weighted by atomic mass is 19.1. The minimum Gasteiger partial charge on any atom is -0.399 e. The first-order valence-electron chi connectivity index (χ1n) is 6.37. The Morgan fingerprint density at radius 3 is 2.65 bits per heavy atom. The van der Waals surface area contributed by atoms with Crippen LogP contribution in [0.5, 0.6) is 0 Å². The van der Waals surface area contributed by atoms with Gasteiger partial charge in [0.2, 0.25) is 0 Å². The number of hydrogen-bond donors (Lipinski definition) is 1. The molecule has 1 aromatic carbocycles. The molecule has 0 amide bonds. The smallest absolute Gasteiger partial charge is 0.331 e. The molecule has 1 aromatic heterocycles. The molecule has 2 rings (SSSR count). The van der Waals surface area contributed by atoms with E-state index >= 15 is 0 Å². The summed E-state index contributed by atoms with van der Waals surface area (Å²) in [5.74, 6) is -0.526. The fourth-order valence-corrected chi connectivity index (χ4v) is 1.98. The molecule has 0 spiro atoms. The van der Waals surface area contributed by atoms with Crippen LogP contribution in [0, 0.1) is 5.82 Å². The maximum Gasteiger partial charge on any atom is 0.331 e. The first kappa shape index (κ1) is 14.0. The number of aryl methyl sites for hydroxylation is 1. The lowest BCUT2D eigenvalue weighted by Crippen LogP contribution is -2.39. The average molecular weight is 277 g/mol. The molecular weight excluding hydrogens is 261 g/mol. The van der Waals surface area contributed by atoms with E-state index in [4.69, 9.17) is 5.73 Å². The van der Waals surface area contributed by atoms with Crippen LogP contribution < -0.4 is 17.0 Å². The zero-order chi connectivity index (χ0) is 14.7. The highest BCUT2D eigenvalue weighted by Gasteiger charge is 2.09. The molecule has 6 heteroatoms. The molecule has 0 saturated carbocycles. The quantitative estimate of drug-likeness (QED) is 0.853. The summed E-state index contributed by atoms with van der Waals surface area (Å²) >= 11 is 0. The van der Waals surface area contributed by atoms with Crippen molar-refractivity contribution in [2.75, 3.05) is 5.73 Å². The van der Waals surface area contributed by atoms with Gasteiger partial charge >= 0.3 is 5.69 Å². The molecule has 106 valence electrons. The molecule has 0 unspecified atom stereocenters. The van der Waals surface area contributed by atoms with Crippen LogP contribution in [0.15, 0.2) is 40.1 Å². The Morgan fingerprint density at radius 1 is 1.25 bits per heavy atom. The van der Waals surface area contributed by atoms with Crippen LogP contribution in [0.2, 0.25) is 0 Å². The number of benzene rings is 1. The summed E-state index contributed by atoms with van der Waals surface area (Å²) in [5, 5.41) is 0. The van der Waals surface area contributed by atoms with Gasteiger partial charge in [-0.3, -0.25) is 9.36 Å². The molecule has 0 atom stereocenters. The van der Waals surface area contributed by atoms with Gasteiger partial charge in [0, 0.05) is 30.1 Å². The summed E-state index contributed by atoms with van der Waals surface area (Å²) in [7, 11) is 0. The standard InChI is InChI=1S/C14H16FN3O2/c1-2-6-17-7-5-13(19)18(14(17)20)9-10-3-4-11(16)8-12(10)15/h3-5,7-8H,2,6,9,16H2,1H3. The van der Waals surface area contributed by atoms with Crippen molar-refractivity contribution >= 4 is 5.69 Å². The van der Waals surface area contributed by atoms with Crippen LogP contribution >= 0.6 is 0 Å². The van der Waals surface area contributed by atoms with Crippen molar-refractivity contribution < 1.29 is 4.39 Å². The van der Waals surface area contributed by atoms with Crippen molar-refractivity contribution in [2.45, 2.75) is 26.4 Å². The van der Waals surface area contributed by atoms with Crippen LogP contribution in [0.25, 0.3) is 0 Å². The van der Waals surface area contributed by atoms with Crippen LogP contribution in [-0.2, 0) is 13.1 Å². The monoisotopic (exact) mass is 277 g/mol. The second-order valence-corrected chi connectivity index (χ2v) is 4.57. The Labute approximate surface area is 115 Å². The fraction of sp³-hybridized carbons (Fsp3) is 0.286. The van der Waals surface area contributed by atoms with Gasteiger partial charge in [-0.15, -0.1) is 0 Å². The van der Waals surface area contributed by atoms with E-state index in [9.17, 15) is 14.0 Å². The number of anilines is 1. The predicted molar refractivity (Wildman–Crippen MR) is 75.2 cm³/mol. The molecule has 0 bridgehead atoms. The van der Waals surface area contributed by atoms with E-state index in [0.717, 1.165) is 11.0 Å². The third kappa shape index (κ3) is 2.79. The molecule has 2 aromatic rings. The predicted octanol–water partition coefficient (Wildman–Crippen LogP) is 1.19. The van der Waals surface area contributed by atoms with Crippen LogP contribution in [0.4, 0.5) is 10.1 Å². The van der Waals surface area contributed by atoms with Gasteiger partial charge in [-0.05, 0) is 18.6 Å². The molecule has 0 fully saturated rings. The second kappa shape index (κ2) is 5.73. The Balaban J connectivity index is 2.45. The maximum absolute atomic E-state index is 13.7. The maximum atomic E-state index is 13.7. The number of nitrogens with zero attached hydrogens (tertiary/aromatic N) is 2. The number of nitrogens with two attached hydrogens (primary N) is 1. The lowest BCUT2D eigenvalue weighted by atomic mass is 10.2. The van der Waals surface area contributed by atoms with Gasteiger partial charge in [0.1, 0.15) is 5.82 Å². The Morgan fingerprint density at radius 2 is 2.00 bits per heavy atom. The molecule has 0 saturated heterocycles. The van der Waals surface area contributed by atoms with Gasteiger partial charge in [-0.2, -0.15) is 0 Å². The summed E-state index contributed by atoms with van der Waals surface area (Å²) in [6.45, 7) is 2.35. The van der Waals surface area contributed by atoms with Crippen molar-refractivity contribution in [3.05, 3.63) is 62.7 Å². The average Bonchev–Trinajstić information content (AvgIpc) is 2.40. The summed E-state index contributed by atoms with van der Waals surface area (Å²) in [5.41, 5.74) is 5.15. The first-order valence-corrected chi connectivity index (χ1v) is 6.37. The van der Waals surface area contributed by atoms with Crippen LogP contribution in [0.3, 0.4) is 0 Å². The van der Waals surface area contributed by atoms with Gasteiger partial charge < -0.3 is 10.3 Å². The van der Waals surface area contributed by atoms with E-state index in [2.05, 4.69) is 0 Å². The second-order valence-electron chi connectivity index (χ2n) is 4.57. The van der Waals surface area contributed by atoms with E-state index < -0.39 is 17.1 Å². The van der Waals surface area contributed by atoms with Gasteiger partial charge in [-0.25, -0.2) is 9.18 Å². The molecule has 1 heterocycles. The summed E-state index contributed by atoms with van der Waals surface area (Å²) in [6, 6.07) is 5.50. The van der Waals surface area contributed by atoms with Gasteiger partial charge in [0.15, 0.2) is 0 Å². The number of halogens is 1. The summed E-state index contributed by atoms with van der Waals surface area (Å²) < 4.78 is 16.2. The van der Waals surface area contributed by atoms with Crippen LogP contribution in [0.1, 0.15) is 18.9 Å². The van der Waals surface area contributed by atoms with E-state index in [1.165, 1.54) is 35.0 Å². The zero-order valence-electron chi connectivity index (χ0n) is 11.2. The SMILES string of the molecule is CCCn1ccc(=O)n(Cc2ccc(N)cc2F)c1=O. The molecule has 5 nitrogen and oxygen atoms in total. The van der Waals surface area contributed by atoms with Crippen molar-refractivity contribution in [1.82, 2.24) is 9.13 Å². The van der Waals surface area contributed by atoms with Crippen molar-refractivity contribution in [1.29, 1.82) is 0 Å².